The first-order valence-electron chi connectivity index (χ1n) is 5.03. The Hall–Kier alpha value is -1.05. The van der Waals surface area contributed by atoms with Gasteiger partial charge < -0.3 is 10.5 Å². The Balaban J connectivity index is 2.51. The molecule has 2 aromatic heterocycles. The van der Waals surface area contributed by atoms with Crippen LogP contribution in [0.1, 0.15) is 5.69 Å². The van der Waals surface area contributed by atoms with Gasteiger partial charge >= 0.3 is 0 Å². The molecule has 0 saturated heterocycles. The molecule has 18 heavy (non-hydrogen) atoms. The van der Waals surface area contributed by atoms with Gasteiger partial charge in [0, 0.05) is 29.5 Å². The SMILES string of the molecule is COCc1nc(-c2cncc(Br)c2)nc(N)c1Br. The van der Waals surface area contributed by atoms with E-state index in [0.29, 0.717) is 28.4 Å². The highest BCUT2D eigenvalue weighted by molar-refractivity contribution is 9.10. The van der Waals surface area contributed by atoms with E-state index >= 15 is 0 Å². The summed E-state index contributed by atoms with van der Waals surface area (Å²) in [6.07, 6.45) is 3.38. The molecule has 0 saturated carbocycles. The molecule has 2 N–H and O–H groups in total. The average molecular weight is 374 g/mol. The first-order valence-corrected chi connectivity index (χ1v) is 6.62. The lowest BCUT2D eigenvalue weighted by Crippen LogP contribution is -2.04. The smallest absolute Gasteiger partial charge is 0.163 e. The van der Waals surface area contributed by atoms with E-state index in [2.05, 4.69) is 46.8 Å². The molecule has 0 amide bonds. The van der Waals surface area contributed by atoms with Gasteiger partial charge in [-0.05, 0) is 37.9 Å². The van der Waals surface area contributed by atoms with Crippen LogP contribution in [-0.2, 0) is 11.3 Å². The van der Waals surface area contributed by atoms with Crippen LogP contribution >= 0.6 is 31.9 Å². The number of hydrogen-bond donors (Lipinski definition) is 1. The quantitative estimate of drug-likeness (QED) is 0.895. The lowest BCUT2D eigenvalue weighted by atomic mass is 10.2. The molecular formula is C11H10Br2N4O. The minimum atomic E-state index is 0.363. The standard InChI is InChI=1S/C11H10Br2N4O/c1-18-5-8-9(13)10(14)17-11(16-8)6-2-7(12)4-15-3-6/h2-4H,5H2,1H3,(H2,14,16,17). The van der Waals surface area contributed by atoms with Gasteiger partial charge in [-0.15, -0.1) is 0 Å². The number of halogens is 2. The first-order chi connectivity index (χ1) is 8.61. The second-order valence-electron chi connectivity index (χ2n) is 3.52. The van der Waals surface area contributed by atoms with Crippen LogP contribution in [0, 0.1) is 0 Å². The maximum absolute atomic E-state index is 5.84. The highest BCUT2D eigenvalue weighted by Gasteiger charge is 2.11. The van der Waals surface area contributed by atoms with Gasteiger partial charge in [0.1, 0.15) is 5.82 Å². The third-order valence-electron chi connectivity index (χ3n) is 2.19. The van der Waals surface area contributed by atoms with Gasteiger partial charge in [0.2, 0.25) is 0 Å². The highest BCUT2D eigenvalue weighted by Crippen LogP contribution is 2.26. The Labute approximate surface area is 121 Å². The van der Waals surface area contributed by atoms with Crippen molar-refractivity contribution >= 4 is 37.7 Å². The molecule has 0 aromatic carbocycles. The zero-order valence-electron chi connectivity index (χ0n) is 9.52. The number of anilines is 1. The molecule has 0 radical (unpaired) electrons. The topological polar surface area (TPSA) is 73.9 Å². The van der Waals surface area contributed by atoms with Crippen LogP contribution in [0.15, 0.2) is 27.4 Å². The fourth-order valence-corrected chi connectivity index (χ4v) is 2.07. The summed E-state index contributed by atoms with van der Waals surface area (Å²) >= 11 is 6.71. The van der Waals surface area contributed by atoms with E-state index in [9.17, 15) is 0 Å². The number of hydrogen-bond acceptors (Lipinski definition) is 5. The van der Waals surface area contributed by atoms with Gasteiger partial charge in [0.15, 0.2) is 5.82 Å². The molecule has 0 atom stereocenters. The van der Waals surface area contributed by atoms with Crippen molar-refractivity contribution in [2.45, 2.75) is 6.61 Å². The molecule has 94 valence electrons. The number of pyridine rings is 1. The van der Waals surface area contributed by atoms with Crippen LogP contribution in [0.5, 0.6) is 0 Å². The van der Waals surface area contributed by atoms with Crippen LogP contribution < -0.4 is 5.73 Å². The van der Waals surface area contributed by atoms with Gasteiger partial charge in [0.25, 0.3) is 0 Å². The van der Waals surface area contributed by atoms with E-state index in [1.807, 2.05) is 6.07 Å². The van der Waals surface area contributed by atoms with Crippen LogP contribution in [0.2, 0.25) is 0 Å². The van der Waals surface area contributed by atoms with Gasteiger partial charge in [-0.1, -0.05) is 0 Å². The fourth-order valence-electron chi connectivity index (χ4n) is 1.41. The number of rotatable bonds is 3. The lowest BCUT2D eigenvalue weighted by molar-refractivity contribution is 0.181. The van der Waals surface area contributed by atoms with Gasteiger partial charge in [-0.3, -0.25) is 4.98 Å². The molecule has 0 spiro atoms. The van der Waals surface area contributed by atoms with Crippen molar-refractivity contribution in [2.75, 3.05) is 12.8 Å². The van der Waals surface area contributed by atoms with Crippen LogP contribution in [0.4, 0.5) is 5.82 Å². The average Bonchev–Trinajstić information content (AvgIpc) is 2.35. The molecule has 0 aliphatic heterocycles. The summed E-state index contributed by atoms with van der Waals surface area (Å²) in [6, 6.07) is 1.88. The highest BCUT2D eigenvalue weighted by atomic mass is 79.9. The predicted octanol–water partition coefficient (Wildman–Crippen LogP) is 2.79. The second-order valence-corrected chi connectivity index (χ2v) is 5.23. The number of aromatic nitrogens is 3. The summed E-state index contributed by atoms with van der Waals surface area (Å²) < 4.78 is 6.60. The van der Waals surface area contributed by atoms with E-state index in [1.54, 1.807) is 19.5 Å². The number of ether oxygens (including phenoxy) is 1. The van der Waals surface area contributed by atoms with E-state index in [1.165, 1.54) is 0 Å². The van der Waals surface area contributed by atoms with Crippen LogP contribution in [0.25, 0.3) is 11.4 Å². The van der Waals surface area contributed by atoms with Crippen molar-refractivity contribution in [2.24, 2.45) is 0 Å². The zero-order valence-corrected chi connectivity index (χ0v) is 12.7. The minimum absolute atomic E-state index is 0.363. The summed E-state index contributed by atoms with van der Waals surface area (Å²) in [6.45, 7) is 0.363. The second kappa shape index (κ2) is 5.73. The van der Waals surface area contributed by atoms with E-state index in [-0.39, 0.29) is 0 Å². The van der Waals surface area contributed by atoms with E-state index in [4.69, 9.17) is 10.5 Å². The van der Waals surface area contributed by atoms with Crippen molar-refractivity contribution in [3.8, 4) is 11.4 Å². The van der Waals surface area contributed by atoms with Gasteiger partial charge in [0.05, 0.1) is 16.8 Å². The molecule has 7 heteroatoms. The maximum atomic E-state index is 5.84. The zero-order chi connectivity index (χ0) is 13.1. The Bertz CT molecular complexity index is 577. The molecule has 0 fully saturated rings. The van der Waals surface area contributed by atoms with Crippen molar-refractivity contribution in [3.63, 3.8) is 0 Å². The third-order valence-corrected chi connectivity index (χ3v) is 3.49. The fraction of sp³-hybridized carbons (Fsp3) is 0.182. The van der Waals surface area contributed by atoms with Crippen molar-refractivity contribution < 1.29 is 4.74 Å². The molecule has 0 bridgehead atoms. The minimum Gasteiger partial charge on any atom is -0.383 e. The summed E-state index contributed by atoms with van der Waals surface area (Å²) in [4.78, 5) is 12.7. The lowest BCUT2D eigenvalue weighted by Gasteiger charge is -2.08. The number of methoxy groups -OCH3 is 1. The van der Waals surface area contributed by atoms with E-state index < -0.39 is 0 Å². The molecule has 0 aliphatic carbocycles. The van der Waals surface area contributed by atoms with Gasteiger partial charge in [-0.25, -0.2) is 9.97 Å². The Morgan fingerprint density at radius 2 is 2.06 bits per heavy atom. The summed E-state index contributed by atoms with van der Waals surface area (Å²) in [7, 11) is 1.60. The van der Waals surface area contributed by atoms with Crippen molar-refractivity contribution in [1.82, 2.24) is 15.0 Å². The first kappa shape index (κ1) is 13.4. The maximum Gasteiger partial charge on any atom is 0.163 e. The normalized spacial score (nSPS) is 10.6. The Kier molecular flexibility index (Phi) is 4.26. The summed E-state index contributed by atoms with van der Waals surface area (Å²) in [5.74, 6) is 0.906. The molecule has 5 nitrogen and oxygen atoms in total. The van der Waals surface area contributed by atoms with Crippen molar-refractivity contribution in [1.29, 1.82) is 0 Å². The van der Waals surface area contributed by atoms with Crippen LogP contribution in [-0.4, -0.2) is 22.1 Å². The van der Waals surface area contributed by atoms with Crippen LogP contribution in [0.3, 0.4) is 0 Å². The van der Waals surface area contributed by atoms with Crippen molar-refractivity contribution in [3.05, 3.63) is 33.1 Å². The molecule has 2 heterocycles. The number of nitrogen functional groups attached to an aromatic ring is 1. The Morgan fingerprint density at radius 1 is 1.28 bits per heavy atom. The largest absolute Gasteiger partial charge is 0.383 e. The third kappa shape index (κ3) is 2.85. The molecule has 0 unspecified atom stereocenters. The molecular weight excluding hydrogens is 364 g/mol. The monoisotopic (exact) mass is 372 g/mol. The van der Waals surface area contributed by atoms with Gasteiger partial charge in [-0.2, -0.15) is 0 Å². The predicted molar refractivity (Wildman–Crippen MR) is 75.8 cm³/mol. The summed E-state index contributed by atoms with van der Waals surface area (Å²) in [5, 5.41) is 0. The molecule has 2 rings (SSSR count). The number of nitrogens with two attached hydrogens (primary N) is 1. The summed E-state index contributed by atoms with van der Waals surface area (Å²) in [5.41, 5.74) is 7.34. The molecule has 2 aromatic rings. The molecule has 0 aliphatic rings. The van der Waals surface area contributed by atoms with E-state index in [0.717, 1.165) is 10.0 Å². The Morgan fingerprint density at radius 3 is 2.72 bits per heavy atom. The number of nitrogens with zero attached hydrogens (tertiary/aromatic N) is 3.